The summed E-state index contributed by atoms with van der Waals surface area (Å²) in [5.41, 5.74) is 0. The fourth-order valence-electron chi connectivity index (χ4n) is 2.24. The number of hydrogen-bond acceptors (Lipinski definition) is 3. The second kappa shape index (κ2) is 5.83. The fourth-order valence-corrected chi connectivity index (χ4v) is 6.24. The molecule has 1 saturated heterocycles. The zero-order valence-electron chi connectivity index (χ0n) is 8.78. The molecule has 3 unspecified atom stereocenters. The summed E-state index contributed by atoms with van der Waals surface area (Å²) in [6, 6.07) is 0. The van der Waals surface area contributed by atoms with Gasteiger partial charge in [0, 0.05) is 29.2 Å². The molecule has 2 aliphatic rings. The lowest BCUT2D eigenvalue weighted by Gasteiger charge is -2.19. The van der Waals surface area contributed by atoms with Crippen molar-refractivity contribution in [1.29, 1.82) is 0 Å². The molecule has 0 N–H and O–H groups in total. The zero-order valence-corrected chi connectivity index (χ0v) is 11.2. The standard InChI is InChI=1S/C11H17ClOS2/c12-6-8-7-14-11(15-8)9-4-2-1-3-5-10(9)13/h8-9,11H,1-7H2. The normalized spacial score (nSPS) is 37.9. The van der Waals surface area contributed by atoms with Gasteiger partial charge in [0.1, 0.15) is 5.78 Å². The molecule has 1 aliphatic heterocycles. The first-order chi connectivity index (χ1) is 7.31. The van der Waals surface area contributed by atoms with Crippen LogP contribution in [0.5, 0.6) is 0 Å². The number of rotatable bonds is 2. The van der Waals surface area contributed by atoms with Crippen LogP contribution in [-0.4, -0.2) is 27.2 Å². The molecule has 2 rings (SSSR count). The van der Waals surface area contributed by atoms with Gasteiger partial charge in [0.05, 0.1) is 4.58 Å². The van der Waals surface area contributed by atoms with E-state index in [2.05, 4.69) is 0 Å². The first kappa shape index (κ1) is 12.1. The number of ketones is 1. The highest BCUT2D eigenvalue weighted by atomic mass is 35.5. The maximum atomic E-state index is 11.9. The monoisotopic (exact) mass is 264 g/mol. The quantitative estimate of drug-likeness (QED) is 0.561. The van der Waals surface area contributed by atoms with Crippen LogP contribution in [0.25, 0.3) is 0 Å². The molecule has 0 radical (unpaired) electrons. The third kappa shape index (κ3) is 3.07. The van der Waals surface area contributed by atoms with Gasteiger partial charge in [0.25, 0.3) is 0 Å². The van der Waals surface area contributed by atoms with Gasteiger partial charge in [-0.05, 0) is 12.8 Å². The summed E-state index contributed by atoms with van der Waals surface area (Å²) >= 11 is 9.75. The number of carbonyl (C=O) groups is 1. The van der Waals surface area contributed by atoms with Crippen molar-refractivity contribution in [2.24, 2.45) is 5.92 Å². The molecule has 1 nitrogen and oxygen atoms in total. The number of carbonyl (C=O) groups excluding carboxylic acids is 1. The van der Waals surface area contributed by atoms with Gasteiger partial charge in [-0.3, -0.25) is 4.79 Å². The maximum Gasteiger partial charge on any atom is 0.137 e. The van der Waals surface area contributed by atoms with E-state index in [0.717, 1.165) is 30.9 Å². The Balaban J connectivity index is 1.93. The van der Waals surface area contributed by atoms with Crippen LogP contribution in [0.3, 0.4) is 0 Å². The summed E-state index contributed by atoms with van der Waals surface area (Å²) in [4.78, 5) is 11.9. The van der Waals surface area contributed by atoms with Crippen LogP contribution in [0.15, 0.2) is 0 Å². The Morgan fingerprint density at radius 2 is 2.20 bits per heavy atom. The third-order valence-corrected chi connectivity index (χ3v) is 7.20. The molecule has 0 bridgehead atoms. The van der Waals surface area contributed by atoms with Crippen LogP contribution in [0.1, 0.15) is 32.1 Å². The summed E-state index contributed by atoms with van der Waals surface area (Å²) in [5.74, 6) is 2.68. The Morgan fingerprint density at radius 3 is 2.93 bits per heavy atom. The number of halogens is 1. The molecule has 0 amide bonds. The lowest BCUT2D eigenvalue weighted by atomic mass is 10.0. The molecule has 2 fully saturated rings. The van der Waals surface area contributed by atoms with Gasteiger partial charge in [0.15, 0.2) is 0 Å². The SMILES string of the molecule is O=C1CCCCCC1C1SCC(CCl)S1. The van der Waals surface area contributed by atoms with E-state index in [9.17, 15) is 4.79 Å². The summed E-state index contributed by atoms with van der Waals surface area (Å²) in [7, 11) is 0. The molecule has 0 aromatic carbocycles. The molecule has 15 heavy (non-hydrogen) atoms. The Kier molecular flexibility index (Phi) is 4.71. The average molecular weight is 265 g/mol. The fraction of sp³-hybridized carbons (Fsp3) is 0.909. The van der Waals surface area contributed by atoms with Crippen molar-refractivity contribution in [2.45, 2.75) is 41.9 Å². The highest BCUT2D eigenvalue weighted by Crippen LogP contribution is 2.45. The molecule has 0 aromatic heterocycles. The minimum absolute atomic E-state index is 0.315. The minimum atomic E-state index is 0.315. The largest absolute Gasteiger partial charge is 0.299 e. The predicted molar refractivity (Wildman–Crippen MR) is 69.9 cm³/mol. The van der Waals surface area contributed by atoms with E-state index in [1.54, 1.807) is 0 Å². The van der Waals surface area contributed by atoms with Crippen LogP contribution in [0, 0.1) is 5.92 Å². The van der Waals surface area contributed by atoms with Crippen LogP contribution in [0.2, 0.25) is 0 Å². The second-order valence-electron chi connectivity index (χ2n) is 4.29. The highest BCUT2D eigenvalue weighted by molar-refractivity contribution is 8.20. The number of Topliss-reactive ketones (excluding diaryl/α,β-unsaturated/α-hetero) is 1. The van der Waals surface area contributed by atoms with E-state index in [0.29, 0.717) is 21.5 Å². The van der Waals surface area contributed by atoms with Gasteiger partial charge < -0.3 is 0 Å². The maximum absolute atomic E-state index is 11.9. The summed E-state index contributed by atoms with van der Waals surface area (Å²) < 4.78 is 0.499. The van der Waals surface area contributed by atoms with E-state index in [-0.39, 0.29) is 0 Å². The topological polar surface area (TPSA) is 17.1 Å². The molecule has 0 aromatic rings. The highest BCUT2D eigenvalue weighted by Gasteiger charge is 2.35. The minimum Gasteiger partial charge on any atom is -0.299 e. The molecule has 86 valence electrons. The first-order valence-corrected chi connectivity index (χ1v) is 8.19. The van der Waals surface area contributed by atoms with Gasteiger partial charge in [0.2, 0.25) is 0 Å². The Labute approximate surface area is 105 Å². The lowest BCUT2D eigenvalue weighted by Crippen LogP contribution is -2.21. The van der Waals surface area contributed by atoms with Crippen molar-refractivity contribution in [3.63, 3.8) is 0 Å². The molecule has 1 aliphatic carbocycles. The van der Waals surface area contributed by atoms with E-state index >= 15 is 0 Å². The Hall–Kier alpha value is 0.660. The smallest absolute Gasteiger partial charge is 0.137 e. The molecular weight excluding hydrogens is 248 g/mol. The molecular formula is C11H17ClOS2. The van der Waals surface area contributed by atoms with Gasteiger partial charge >= 0.3 is 0 Å². The van der Waals surface area contributed by atoms with E-state index in [1.807, 2.05) is 23.5 Å². The van der Waals surface area contributed by atoms with Crippen molar-refractivity contribution in [2.75, 3.05) is 11.6 Å². The summed E-state index contributed by atoms with van der Waals surface area (Å²) in [6.07, 6.45) is 5.51. The van der Waals surface area contributed by atoms with Crippen molar-refractivity contribution in [3.8, 4) is 0 Å². The van der Waals surface area contributed by atoms with E-state index in [4.69, 9.17) is 11.6 Å². The van der Waals surface area contributed by atoms with Gasteiger partial charge in [-0.15, -0.1) is 35.1 Å². The van der Waals surface area contributed by atoms with Crippen molar-refractivity contribution in [3.05, 3.63) is 0 Å². The van der Waals surface area contributed by atoms with Crippen molar-refractivity contribution < 1.29 is 4.79 Å². The van der Waals surface area contributed by atoms with E-state index in [1.165, 1.54) is 12.8 Å². The summed E-state index contributed by atoms with van der Waals surface area (Å²) in [6.45, 7) is 0. The van der Waals surface area contributed by atoms with Crippen molar-refractivity contribution >= 4 is 40.9 Å². The predicted octanol–water partition coefficient (Wildman–Crippen LogP) is 3.55. The molecule has 4 heteroatoms. The second-order valence-corrected chi connectivity index (χ2v) is 7.51. The number of thioether (sulfide) groups is 2. The van der Waals surface area contributed by atoms with Crippen LogP contribution in [-0.2, 0) is 4.79 Å². The number of hydrogen-bond donors (Lipinski definition) is 0. The van der Waals surface area contributed by atoms with Crippen molar-refractivity contribution in [1.82, 2.24) is 0 Å². The van der Waals surface area contributed by atoms with E-state index < -0.39 is 0 Å². The van der Waals surface area contributed by atoms with Gasteiger partial charge in [-0.25, -0.2) is 0 Å². The van der Waals surface area contributed by atoms with Crippen LogP contribution < -0.4 is 0 Å². The van der Waals surface area contributed by atoms with Gasteiger partial charge in [-0.1, -0.05) is 12.8 Å². The van der Waals surface area contributed by atoms with Gasteiger partial charge in [-0.2, -0.15) is 0 Å². The van der Waals surface area contributed by atoms with Crippen LogP contribution in [0.4, 0.5) is 0 Å². The molecule has 1 heterocycles. The summed E-state index contributed by atoms with van der Waals surface area (Å²) in [5, 5.41) is 0.567. The number of alkyl halides is 1. The lowest BCUT2D eigenvalue weighted by molar-refractivity contribution is -0.122. The van der Waals surface area contributed by atoms with Crippen LogP contribution >= 0.6 is 35.1 Å². The molecule has 3 atom stereocenters. The molecule has 1 saturated carbocycles. The Morgan fingerprint density at radius 1 is 1.33 bits per heavy atom. The third-order valence-electron chi connectivity index (χ3n) is 3.13. The molecule has 0 spiro atoms. The average Bonchev–Trinajstić information content (AvgIpc) is 2.62. The Bertz CT molecular complexity index is 235. The zero-order chi connectivity index (χ0) is 10.7. The first-order valence-electron chi connectivity index (χ1n) is 5.67.